The first-order valence-electron chi connectivity index (χ1n) is 8.58. The second kappa shape index (κ2) is 5.36. The van der Waals surface area contributed by atoms with Crippen molar-refractivity contribution in [2.45, 2.75) is 44.1 Å². The summed E-state index contributed by atoms with van der Waals surface area (Å²) in [6.45, 7) is 0. The van der Waals surface area contributed by atoms with Crippen LogP contribution < -0.4 is 5.32 Å². The number of methoxy groups -OCH3 is 1. The molecule has 1 amide bonds. The molecule has 1 aromatic rings. The molecule has 0 atom stereocenters. The molecule has 5 rings (SSSR count). The molecule has 1 aromatic carbocycles. The first-order chi connectivity index (χ1) is 11.1. The fraction of sp³-hybridized carbons (Fsp3) is 0.579. The third-order valence-corrected chi connectivity index (χ3v) is 5.99. The lowest BCUT2D eigenvalue weighted by molar-refractivity contribution is -0.0167. The smallest absolute Gasteiger partial charge is 0.337 e. The van der Waals surface area contributed by atoms with Gasteiger partial charge in [-0.25, -0.2) is 4.79 Å². The predicted molar refractivity (Wildman–Crippen MR) is 86.2 cm³/mol. The van der Waals surface area contributed by atoms with Crippen LogP contribution in [0.2, 0.25) is 0 Å². The van der Waals surface area contributed by atoms with Crippen LogP contribution in [0.3, 0.4) is 0 Å². The van der Waals surface area contributed by atoms with Crippen molar-refractivity contribution >= 4 is 11.9 Å². The first kappa shape index (κ1) is 14.7. The highest BCUT2D eigenvalue weighted by molar-refractivity contribution is 5.96. The average Bonchev–Trinajstić information content (AvgIpc) is 2.52. The molecular weight excluding hydrogens is 290 g/mol. The van der Waals surface area contributed by atoms with Gasteiger partial charge in [0, 0.05) is 11.1 Å². The molecule has 0 spiro atoms. The largest absolute Gasteiger partial charge is 0.465 e. The Morgan fingerprint density at radius 2 is 1.43 bits per heavy atom. The maximum Gasteiger partial charge on any atom is 0.337 e. The zero-order valence-corrected chi connectivity index (χ0v) is 13.5. The minimum Gasteiger partial charge on any atom is -0.465 e. The molecule has 1 N–H and O–H groups in total. The van der Waals surface area contributed by atoms with Crippen molar-refractivity contribution in [3.8, 4) is 0 Å². The molecule has 4 fully saturated rings. The van der Waals surface area contributed by atoms with E-state index in [2.05, 4.69) is 10.1 Å². The third-order valence-electron chi connectivity index (χ3n) is 5.99. The molecule has 23 heavy (non-hydrogen) atoms. The van der Waals surface area contributed by atoms with Gasteiger partial charge in [0.1, 0.15) is 0 Å². The van der Waals surface area contributed by atoms with E-state index in [4.69, 9.17) is 0 Å². The minimum absolute atomic E-state index is 0.0108. The van der Waals surface area contributed by atoms with Crippen molar-refractivity contribution < 1.29 is 14.3 Å². The zero-order chi connectivity index (χ0) is 16.0. The molecule has 4 saturated carbocycles. The van der Waals surface area contributed by atoms with Crippen LogP contribution in [-0.2, 0) is 4.74 Å². The van der Waals surface area contributed by atoms with Crippen molar-refractivity contribution in [3.63, 3.8) is 0 Å². The molecule has 0 saturated heterocycles. The van der Waals surface area contributed by atoms with E-state index >= 15 is 0 Å². The van der Waals surface area contributed by atoms with Crippen LogP contribution in [0, 0.1) is 17.8 Å². The van der Waals surface area contributed by atoms with E-state index in [1.54, 1.807) is 24.3 Å². The number of amides is 1. The lowest BCUT2D eigenvalue weighted by Crippen LogP contribution is -2.59. The number of hydrogen-bond donors (Lipinski definition) is 1. The molecule has 4 aliphatic rings. The molecule has 0 aliphatic heterocycles. The van der Waals surface area contributed by atoms with Crippen LogP contribution in [0.15, 0.2) is 24.3 Å². The number of nitrogens with one attached hydrogen (secondary N) is 1. The Balaban J connectivity index is 1.48. The van der Waals surface area contributed by atoms with Crippen LogP contribution in [0.4, 0.5) is 0 Å². The quantitative estimate of drug-likeness (QED) is 0.872. The van der Waals surface area contributed by atoms with E-state index in [-0.39, 0.29) is 17.4 Å². The summed E-state index contributed by atoms with van der Waals surface area (Å²) in [5, 5.41) is 3.35. The standard InChI is InChI=1S/C19H23NO3/c1-23-18(22)16-4-2-15(3-5-16)17(21)20-19-9-12-6-13(10-19)8-14(7-12)11-19/h2-5,12-14H,6-11H2,1H3,(H,20,21). The van der Waals surface area contributed by atoms with Crippen molar-refractivity contribution in [3.05, 3.63) is 35.4 Å². The number of ether oxygens (including phenoxy) is 1. The number of esters is 1. The molecule has 4 aliphatic carbocycles. The van der Waals surface area contributed by atoms with Gasteiger partial charge >= 0.3 is 5.97 Å². The van der Waals surface area contributed by atoms with Gasteiger partial charge in [0.15, 0.2) is 0 Å². The van der Waals surface area contributed by atoms with Crippen molar-refractivity contribution in [1.82, 2.24) is 5.32 Å². The Morgan fingerprint density at radius 1 is 0.957 bits per heavy atom. The van der Waals surface area contributed by atoms with Gasteiger partial charge in [0.25, 0.3) is 5.91 Å². The van der Waals surface area contributed by atoms with Gasteiger partial charge in [-0.05, 0) is 80.5 Å². The van der Waals surface area contributed by atoms with Crippen LogP contribution in [0.25, 0.3) is 0 Å². The lowest BCUT2D eigenvalue weighted by atomic mass is 9.53. The van der Waals surface area contributed by atoms with Gasteiger partial charge in [-0.15, -0.1) is 0 Å². The summed E-state index contributed by atoms with van der Waals surface area (Å²) in [7, 11) is 1.36. The van der Waals surface area contributed by atoms with Crippen molar-refractivity contribution in [2.75, 3.05) is 7.11 Å². The Labute approximate surface area is 136 Å². The first-order valence-corrected chi connectivity index (χ1v) is 8.58. The van der Waals surface area contributed by atoms with Crippen LogP contribution in [0.5, 0.6) is 0 Å². The van der Waals surface area contributed by atoms with E-state index in [0.717, 1.165) is 37.0 Å². The van der Waals surface area contributed by atoms with E-state index in [1.807, 2.05) is 0 Å². The van der Waals surface area contributed by atoms with Gasteiger partial charge < -0.3 is 10.1 Å². The maximum absolute atomic E-state index is 12.7. The number of benzene rings is 1. The van der Waals surface area contributed by atoms with Crippen molar-refractivity contribution in [2.24, 2.45) is 17.8 Å². The van der Waals surface area contributed by atoms with E-state index in [1.165, 1.54) is 26.4 Å². The molecule has 4 nitrogen and oxygen atoms in total. The zero-order valence-electron chi connectivity index (χ0n) is 13.5. The second-order valence-corrected chi connectivity index (χ2v) is 7.72. The van der Waals surface area contributed by atoms with Crippen LogP contribution in [0.1, 0.15) is 59.2 Å². The Kier molecular flexibility index (Phi) is 3.43. The topological polar surface area (TPSA) is 55.4 Å². The summed E-state index contributed by atoms with van der Waals surface area (Å²) in [4.78, 5) is 24.1. The molecule has 122 valence electrons. The number of carbonyl (C=O) groups is 2. The Hall–Kier alpha value is -1.84. The molecular formula is C19H23NO3. The number of carbonyl (C=O) groups excluding carboxylic acids is 2. The Morgan fingerprint density at radius 3 is 1.91 bits per heavy atom. The highest BCUT2D eigenvalue weighted by atomic mass is 16.5. The van der Waals surface area contributed by atoms with Crippen molar-refractivity contribution in [1.29, 1.82) is 0 Å². The molecule has 4 bridgehead atoms. The fourth-order valence-electron chi connectivity index (χ4n) is 5.45. The van der Waals surface area contributed by atoms with Gasteiger partial charge in [-0.3, -0.25) is 4.79 Å². The Bertz CT molecular complexity index is 599. The summed E-state index contributed by atoms with van der Waals surface area (Å²) >= 11 is 0. The monoisotopic (exact) mass is 313 g/mol. The third kappa shape index (κ3) is 2.64. The van der Waals surface area contributed by atoms with E-state index < -0.39 is 0 Å². The lowest BCUT2D eigenvalue weighted by Gasteiger charge is -2.56. The molecule has 0 heterocycles. The van der Waals surface area contributed by atoms with E-state index in [0.29, 0.717) is 11.1 Å². The minimum atomic E-state index is -0.377. The summed E-state index contributed by atoms with van der Waals surface area (Å²) in [6, 6.07) is 6.73. The van der Waals surface area contributed by atoms with Gasteiger partial charge in [0.2, 0.25) is 0 Å². The molecule has 0 radical (unpaired) electrons. The summed E-state index contributed by atoms with van der Waals surface area (Å²) in [5.74, 6) is 2.04. The molecule has 0 unspecified atom stereocenters. The van der Waals surface area contributed by atoms with Gasteiger partial charge in [-0.2, -0.15) is 0 Å². The second-order valence-electron chi connectivity index (χ2n) is 7.72. The highest BCUT2D eigenvalue weighted by Crippen LogP contribution is 2.55. The average molecular weight is 313 g/mol. The molecule has 4 heteroatoms. The normalized spacial score (nSPS) is 34.2. The summed E-state index contributed by atoms with van der Waals surface area (Å²) in [6.07, 6.45) is 7.52. The molecule has 0 aromatic heterocycles. The highest BCUT2D eigenvalue weighted by Gasteiger charge is 2.51. The number of hydrogen-bond acceptors (Lipinski definition) is 3. The SMILES string of the molecule is COC(=O)c1ccc(C(=O)NC23CC4CC(CC(C4)C2)C3)cc1. The summed E-state index contributed by atoms with van der Waals surface area (Å²) < 4.78 is 4.69. The van der Waals surface area contributed by atoms with Gasteiger partial charge in [0.05, 0.1) is 12.7 Å². The fourth-order valence-corrected chi connectivity index (χ4v) is 5.45. The van der Waals surface area contributed by atoms with Crippen LogP contribution >= 0.6 is 0 Å². The maximum atomic E-state index is 12.7. The summed E-state index contributed by atoms with van der Waals surface area (Å²) in [5.41, 5.74) is 1.11. The van der Waals surface area contributed by atoms with Crippen LogP contribution in [-0.4, -0.2) is 24.5 Å². The number of rotatable bonds is 3. The van der Waals surface area contributed by atoms with E-state index in [9.17, 15) is 9.59 Å². The van der Waals surface area contributed by atoms with Gasteiger partial charge in [-0.1, -0.05) is 0 Å². The predicted octanol–water partition coefficient (Wildman–Crippen LogP) is 3.17.